The first-order valence-corrected chi connectivity index (χ1v) is 6.25. The Balaban J connectivity index is 1.74. The van der Waals surface area contributed by atoms with Crippen LogP contribution < -0.4 is 5.73 Å². The molecular formula is C11H19N5. The molecule has 0 bridgehead atoms. The van der Waals surface area contributed by atoms with E-state index in [4.69, 9.17) is 5.73 Å². The predicted octanol–water partition coefficient (Wildman–Crippen LogP) is 1.49. The Hall–Kier alpha value is -0.970. The lowest BCUT2D eigenvalue weighted by Gasteiger charge is -2.41. The van der Waals surface area contributed by atoms with E-state index in [1.54, 1.807) is 0 Å². The molecule has 0 unspecified atom stereocenters. The molecule has 16 heavy (non-hydrogen) atoms. The largest absolute Gasteiger partial charge is 0.319 e. The second-order valence-corrected chi connectivity index (χ2v) is 5.60. The quantitative estimate of drug-likeness (QED) is 0.752. The van der Waals surface area contributed by atoms with Crippen molar-refractivity contribution in [3.8, 4) is 0 Å². The van der Waals surface area contributed by atoms with Crippen molar-refractivity contribution in [3.05, 3.63) is 5.82 Å². The van der Waals surface area contributed by atoms with Gasteiger partial charge in [-0.15, -0.1) is 10.2 Å². The summed E-state index contributed by atoms with van der Waals surface area (Å²) >= 11 is 0. The number of hydrogen-bond donors (Lipinski definition) is 2. The minimum atomic E-state index is -0.332. The zero-order valence-electron chi connectivity index (χ0n) is 9.58. The third-order valence-corrected chi connectivity index (χ3v) is 4.66. The Morgan fingerprint density at radius 1 is 1.00 bits per heavy atom. The van der Waals surface area contributed by atoms with Crippen molar-refractivity contribution in [1.29, 1.82) is 0 Å². The third kappa shape index (κ3) is 1.54. The van der Waals surface area contributed by atoms with Crippen LogP contribution in [0.1, 0.15) is 57.2 Å². The summed E-state index contributed by atoms with van der Waals surface area (Å²) in [6.45, 7) is 0. The molecule has 1 spiro atoms. The van der Waals surface area contributed by atoms with Crippen LogP contribution >= 0.6 is 0 Å². The van der Waals surface area contributed by atoms with Gasteiger partial charge in [0.05, 0.1) is 5.54 Å². The summed E-state index contributed by atoms with van der Waals surface area (Å²) in [5.41, 5.74) is 6.66. The molecule has 2 aliphatic carbocycles. The van der Waals surface area contributed by atoms with Gasteiger partial charge in [0.25, 0.3) is 0 Å². The number of nitrogens with zero attached hydrogens (tertiary/aromatic N) is 3. The Bertz CT molecular complexity index is 342. The molecule has 5 nitrogen and oxygen atoms in total. The van der Waals surface area contributed by atoms with Crippen molar-refractivity contribution in [2.45, 2.75) is 56.9 Å². The summed E-state index contributed by atoms with van der Waals surface area (Å²) < 4.78 is 0. The van der Waals surface area contributed by atoms with Gasteiger partial charge in [-0.3, -0.25) is 0 Å². The molecule has 0 saturated heterocycles. The van der Waals surface area contributed by atoms with Crippen LogP contribution in [0.2, 0.25) is 0 Å². The van der Waals surface area contributed by atoms with Crippen molar-refractivity contribution in [2.75, 3.05) is 0 Å². The van der Waals surface area contributed by atoms with Gasteiger partial charge in [0.1, 0.15) is 0 Å². The van der Waals surface area contributed by atoms with Crippen LogP contribution in [-0.2, 0) is 5.54 Å². The maximum Gasteiger partial charge on any atom is 0.194 e. The van der Waals surface area contributed by atoms with Gasteiger partial charge in [-0.1, -0.05) is 18.1 Å². The highest BCUT2D eigenvalue weighted by molar-refractivity contribution is 5.06. The van der Waals surface area contributed by atoms with Crippen molar-refractivity contribution in [3.63, 3.8) is 0 Å². The highest BCUT2D eigenvalue weighted by Crippen LogP contribution is 2.52. The standard InChI is InChI=1S/C11H19N5/c12-11(9-13-15-16-14-9)7-5-10(6-8-11)3-1-2-4-10/h1-8,12H2,(H,13,14,15,16). The smallest absolute Gasteiger partial charge is 0.194 e. The summed E-state index contributed by atoms with van der Waals surface area (Å²) in [5.74, 6) is 0.695. The monoisotopic (exact) mass is 221 g/mol. The fourth-order valence-corrected chi connectivity index (χ4v) is 3.45. The lowest BCUT2D eigenvalue weighted by molar-refractivity contribution is 0.129. The normalized spacial score (nSPS) is 27.3. The van der Waals surface area contributed by atoms with Crippen LogP contribution in [0.25, 0.3) is 0 Å². The number of nitrogens with two attached hydrogens (primary N) is 1. The van der Waals surface area contributed by atoms with E-state index < -0.39 is 0 Å². The average Bonchev–Trinajstić information content (AvgIpc) is 2.96. The van der Waals surface area contributed by atoms with Crippen LogP contribution in [0.5, 0.6) is 0 Å². The molecule has 2 aliphatic rings. The molecule has 1 aromatic rings. The highest BCUT2D eigenvalue weighted by atomic mass is 15.5. The third-order valence-electron chi connectivity index (χ3n) is 4.66. The van der Waals surface area contributed by atoms with Crippen LogP contribution in [0, 0.1) is 5.41 Å². The van der Waals surface area contributed by atoms with E-state index >= 15 is 0 Å². The van der Waals surface area contributed by atoms with E-state index in [-0.39, 0.29) is 5.54 Å². The molecule has 88 valence electrons. The van der Waals surface area contributed by atoms with Crippen LogP contribution in [0.3, 0.4) is 0 Å². The van der Waals surface area contributed by atoms with Gasteiger partial charge >= 0.3 is 0 Å². The van der Waals surface area contributed by atoms with Gasteiger partial charge in [0, 0.05) is 0 Å². The Morgan fingerprint density at radius 3 is 2.25 bits per heavy atom. The minimum absolute atomic E-state index is 0.332. The minimum Gasteiger partial charge on any atom is -0.319 e. The van der Waals surface area contributed by atoms with Gasteiger partial charge in [0.15, 0.2) is 5.82 Å². The summed E-state index contributed by atoms with van der Waals surface area (Å²) in [5, 5.41) is 14.2. The molecular weight excluding hydrogens is 202 g/mol. The van der Waals surface area contributed by atoms with Gasteiger partial charge < -0.3 is 5.73 Å². The number of rotatable bonds is 1. The number of aromatic nitrogens is 4. The molecule has 1 aromatic heterocycles. The van der Waals surface area contributed by atoms with E-state index in [0.29, 0.717) is 11.2 Å². The molecule has 0 radical (unpaired) electrons. The summed E-state index contributed by atoms with van der Waals surface area (Å²) in [6.07, 6.45) is 10.1. The zero-order valence-corrected chi connectivity index (χ0v) is 9.58. The molecule has 1 heterocycles. The number of nitrogens with one attached hydrogen (secondary N) is 1. The molecule has 0 atom stereocenters. The Labute approximate surface area is 95.2 Å². The van der Waals surface area contributed by atoms with E-state index in [1.807, 2.05) is 0 Å². The first-order chi connectivity index (χ1) is 7.73. The van der Waals surface area contributed by atoms with Crippen molar-refractivity contribution < 1.29 is 0 Å². The molecule has 0 aliphatic heterocycles. The lowest BCUT2D eigenvalue weighted by atomic mass is 9.66. The summed E-state index contributed by atoms with van der Waals surface area (Å²) in [6, 6.07) is 0. The van der Waals surface area contributed by atoms with E-state index in [1.165, 1.54) is 38.5 Å². The zero-order chi connectivity index (χ0) is 11.1. The van der Waals surface area contributed by atoms with Crippen LogP contribution in [0.4, 0.5) is 0 Å². The first-order valence-electron chi connectivity index (χ1n) is 6.25. The van der Waals surface area contributed by atoms with Gasteiger partial charge in [-0.2, -0.15) is 5.21 Å². The van der Waals surface area contributed by atoms with Crippen molar-refractivity contribution in [2.24, 2.45) is 11.1 Å². The molecule has 0 amide bonds. The van der Waals surface area contributed by atoms with E-state index in [9.17, 15) is 0 Å². The SMILES string of the molecule is NC1(c2nn[nH]n2)CCC2(CCCC2)CC1. The predicted molar refractivity (Wildman–Crippen MR) is 59.4 cm³/mol. The van der Waals surface area contributed by atoms with Crippen LogP contribution in [0.15, 0.2) is 0 Å². The first kappa shape index (κ1) is 10.2. The van der Waals surface area contributed by atoms with Gasteiger partial charge in [-0.05, 0) is 43.9 Å². The van der Waals surface area contributed by atoms with Crippen molar-refractivity contribution >= 4 is 0 Å². The second-order valence-electron chi connectivity index (χ2n) is 5.60. The molecule has 0 aromatic carbocycles. The molecule has 2 fully saturated rings. The van der Waals surface area contributed by atoms with Crippen LogP contribution in [-0.4, -0.2) is 20.6 Å². The lowest BCUT2D eigenvalue weighted by Crippen LogP contribution is -2.44. The topological polar surface area (TPSA) is 80.5 Å². The number of tetrazole rings is 1. The van der Waals surface area contributed by atoms with Gasteiger partial charge in [-0.25, -0.2) is 0 Å². The Kier molecular flexibility index (Phi) is 2.24. The average molecular weight is 221 g/mol. The molecule has 5 heteroatoms. The number of aromatic amines is 1. The van der Waals surface area contributed by atoms with E-state index in [2.05, 4.69) is 20.6 Å². The second kappa shape index (κ2) is 3.52. The number of hydrogen-bond acceptors (Lipinski definition) is 4. The number of H-pyrrole nitrogens is 1. The molecule has 3 rings (SSSR count). The molecule has 2 saturated carbocycles. The maximum absolute atomic E-state index is 6.39. The van der Waals surface area contributed by atoms with Gasteiger partial charge in [0.2, 0.25) is 0 Å². The molecule has 3 N–H and O–H groups in total. The fourth-order valence-electron chi connectivity index (χ4n) is 3.45. The highest BCUT2D eigenvalue weighted by Gasteiger charge is 2.44. The summed E-state index contributed by atoms with van der Waals surface area (Å²) in [7, 11) is 0. The summed E-state index contributed by atoms with van der Waals surface area (Å²) in [4.78, 5) is 0. The maximum atomic E-state index is 6.39. The van der Waals surface area contributed by atoms with Crippen molar-refractivity contribution in [1.82, 2.24) is 20.6 Å². The fraction of sp³-hybridized carbons (Fsp3) is 0.909. The van der Waals surface area contributed by atoms with E-state index in [0.717, 1.165) is 12.8 Å². The Morgan fingerprint density at radius 2 is 1.69 bits per heavy atom.